The van der Waals surface area contributed by atoms with E-state index in [0.29, 0.717) is 12.4 Å². The topological polar surface area (TPSA) is 71.5 Å². The summed E-state index contributed by atoms with van der Waals surface area (Å²) in [5.74, 6) is -0.726. The summed E-state index contributed by atoms with van der Waals surface area (Å²) in [6.07, 6.45) is 1.71. The second kappa shape index (κ2) is 6.74. The van der Waals surface area contributed by atoms with Crippen LogP contribution in [0.3, 0.4) is 0 Å². The van der Waals surface area contributed by atoms with Crippen molar-refractivity contribution in [1.82, 2.24) is 4.98 Å². The van der Waals surface area contributed by atoms with Crippen molar-refractivity contribution in [2.75, 3.05) is 12.4 Å². The molecule has 1 heterocycles. The van der Waals surface area contributed by atoms with E-state index in [2.05, 4.69) is 10.3 Å². The molecule has 2 N–H and O–H groups in total. The van der Waals surface area contributed by atoms with Crippen molar-refractivity contribution >= 4 is 11.7 Å². The van der Waals surface area contributed by atoms with E-state index in [-0.39, 0.29) is 0 Å². The molecule has 110 valence electrons. The maximum Gasteiger partial charge on any atom is 0.310 e. The summed E-state index contributed by atoms with van der Waals surface area (Å²) in [5.41, 5.74) is 2.78. The number of ether oxygens (including phenoxy) is 1. The van der Waals surface area contributed by atoms with Crippen molar-refractivity contribution in [1.29, 1.82) is 0 Å². The van der Waals surface area contributed by atoms with Gasteiger partial charge in [0.1, 0.15) is 0 Å². The third-order valence-corrected chi connectivity index (χ3v) is 3.29. The van der Waals surface area contributed by atoms with E-state index in [9.17, 15) is 4.79 Å². The lowest BCUT2D eigenvalue weighted by atomic mass is 10.00. The first-order valence-corrected chi connectivity index (χ1v) is 6.65. The van der Waals surface area contributed by atoms with Crippen LogP contribution in [0.2, 0.25) is 0 Å². The Morgan fingerprint density at radius 3 is 2.52 bits per heavy atom. The largest absolute Gasteiger partial charge is 0.481 e. The average Bonchev–Trinajstić information content (AvgIpc) is 2.53. The van der Waals surface area contributed by atoms with Gasteiger partial charge in [-0.15, -0.1) is 0 Å². The van der Waals surface area contributed by atoms with Gasteiger partial charge in [0.05, 0.1) is 24.9 Å². The number of carbonyl (C=O) groups is 1. The zero-order chi connectivity index (χ0) is 15.2. The summed E-state index contributed by atoms with van der Waals surface area (Å²) in [4.78, 5) is 15.0. The van der Waals surface area contributed by atoms with Gasteiger partial charge in [-0.3, -0.25) is 4.79 Å². The van der Waals surface area contributed by atoms with Crippen molar-refractivity contribution in [3.63, 3.8) is 0 Å². The number of benzene rings is 1. The molecule has 0 fully saturated rings. The van der Waals surface area contributed by atoms with Crippen molar-refractivity contribution in [3.8, 4) is 5.88 Å². The summed E-state index contributed by atoms with van der Waals surface area (Å²) in [6.45, 7) is 2.33. The molecule has 1 unspecified atom stereocenters. The van der Waals surface area contributed by atoms with Gasteiger partial charge in [-0.2, -0.15) is 0 Å². The quantitative estimate of drug-likeness (QED) is 0.854. The number of nitrogens with one attached hydrogen (secondary N) is 1. The minimum absolute atomic E-state index is 0.488. The van der Waals surface area contributed by atoms with E-state index >= 15 is 0 Å². The number of pyridine rings is 1. The highest BCUT2D eigenvalue weighted by molar-refractivity contribution is 5.75. The van der Waals surface area contributed by atoms with E-state index in [4.69, 9.17) is 9.84 Å². The summed E-state index contributed by atoms with van der Waals surface area (Å²) in [6, 6.07) is 11.2. The van der Waals surface area contributed by atoms with Crippen LogP contribution in [0.5, 0.6) is 5.88 Å². The molecule has 0 bridgehead atoms. The van der Waals surface area contributed by atoms with Gasteiger partial charge in [-0.1, -0.05) is 24.3 Å². The third kappa shape index (κ3) is 3.95. The average molecular weight is 286 g/mol. The molecule has 2 rings (SSSR count). The van der Waals surface area contributed by atoms with Gasteiger partial charge in [0.2, 0.25) is 5.88 Å². The first-order chi connectivity index (χ1) is 10.1. The summed E-state index contributed by atoms with van der Waals surface area (Å²) in [5, 5.41) is 12.2. The molecular formula is C16H18N2O3. The number of hydrogen-bond acceptors (Lipinski definition) is 4. The number of nitrogens with zero attached hydrogens (tertiary/aromatic N) is 1. The molecule has 0 aliphatic carbocycles. The Bertz CT molecular complexity index is 594. The Hall–Kier alpha value is -2.56. The highest BCUT2D eigenvalue weighted by Gasteiger charge is 2.12. The zero-order valence-corrected chi connectivity index (χ0v) is 12.0. The first-order valence-electron chi connectivity index (χ1n) is 6.65. The SMILES string of the molecule is COc1ccc(NCc2ccc(C(C)C(=O)O)cc2)cn1. The van der Waals surface area contributed by atoms with Gasteiger partial charge in [0, 0.05) is 12.6 Å². The normalized spacial score (nSPS) is 11.7. The molecule has 5 heteroatoms. The second-order valence-corrected chi connectivity index (χ2v) is 4.74. The lowest BCUT2D eigenvalue weighted by Gasteiger charge is -2.09. The lowest BCUT2D eigenvalue weighted by molar-refractivity contribution is -0.138. The molecule has 0 radical (unpaired) electrons. The summed E-state index contributed by atoms with van der Waals surface area (Å²) < 4.78 is 5.00. The van der Waals surface area contributed by atoms with Crippen LogP contribution in [0, 0.1) is 0 Å². The maximum atomic E-state index is 10.9. The smallest absolute Gasteiger partial charge is 0.310 e. The van der Waals surface area contributed by atoms with E-state index in [0.717, 1.165) is 16.8 Å². The number of methoxy groups -OCH3 is 1. The molecule has 0 aliphatic rings. The van der Waals surface area contributed by atoms with Gasteiger partial charge in [0.25, 0.3) is 0 Å². The molecule has 0 saturated carbocycles. The molecule has 1 aromatic heterocycles. The van der Waals surface area contributed by atoms with Crippen LogP contribution in [0.25, 0.3) is 0 Å². The second-order valence-electron chi connectivity index (χ2n) is 4.74. The van der Waals surface area contributed by atoms with Gasteiger partial charge in [-0.05, 0) is 24.1 Å². The third-order valence-electron chi connectivity index (χ3n) is 3.29. The van der Waals surface area contributed by atoms with E-state index < -0.39 is 11.9 Å². The van der Waals surface area contributed by atoms with Crippen LogP contribution in [0.4, 0.5) is 5.69 Å². The number of carboxylic acid groups (broad SMARTS) is 1. The van der Waals surface area contributed by atoms with Crippen LogP contribution < -0.4 is 10.1 Å². The highest BCUT2D eigenvalue weighted by atomic mass is 16.5. The summed E-state index contributed by atoms with van der Waals surface area (Å²) >= 11 is 0. The minimum Gasteiger partial charge on any atom is -0.481 e. The van der Waals surface area contributed by atoms with Crippen molar-refractivity contribution in [3.05, 3.63) is 53.7 Å². The van der Waals surface area contributed by atoms with E-state index in [1.807, 2.05) is 30.3 Å². The lowest BCUT2D eigenvalue weighted by Crippen LogP contribution is -2.07. The first kappa shape index (κ1) is 14.8. The Balaban J connectivity index is 1.95. The van der Waals surface area contributed by atoms with Crippen molar-refractivity contribution in [2.24, 2.45) is 0 Å². The molecule has 5 nitrogen and oxygen atoms in total. The number of carboxylic acids is 1. The molecule has 0 spiro atoms. The van der Waals surface area contributed by atoms with Crippen LogP contribution in [0.1, 0.15) is 24.0 Å². The number of aliphatic carboxylic acids is 1. The summed E-state index contributed by atoms with van der Waals surface area (Å²) in [7, 11) is 1.58. The fraction of sp³-hybridized carbons (Fsp3) is 0.250. The Morgan fingerprint density at radius 1 is 1.29 bits per heavy atom. The number of anilines is 1. The fourth-order valence-corrected chi connectivity index (χ4v) is 1.88. The predicted octanol–water partition coefficient (Wildman–Crippen LogP) is 2.89. The van der Waals surface area contributed by atoms with Crippen LogP contribution >= 0.6 is 0 Å². The van der Waals surface area contributed by atoms with Gasteiger partial charge < -0.3 is 15.2 Å². The molecular weight excluding hydrogens is 268 g/mol. The van der Waals surface area contributed by atoms with Gasteiger partial charge in [0.15, 0.2) is 0 Å². The molecule has 1 atom stereocenters. The van der Waals surface area contributed by atoms with E-state index in [1.54, 1.807) is 26.3 Å². The Kier molecular flexibility index (Phi) is 4.77. The van der Waals surface area contributed by atoms with Crippen molar-refractivity contribution in [2.45, 2.75) is 19.4 Å². The fourth-order valence-electron chi connectivity index (χ4n) is 1.88. The molecule has 0 saturated heterocycles. The molecule has 1 aromatic carbocycles. The van der Waals surface area contributed by atoms with E-state index in [1.165, 1.54) is 0 Å². The Labute approximate surface area is 123 Å². The molecule has 0 amide bonds. The zero-order valence-electron chi connectivity index (χ0n) is 12.0. The molecule has 21 heavy (non-hydrogen) atoms. The maximum absolute atomic E-state index is 10.9. The predicted molar refractivity (Wildman–Crippen MR) is 80.6 cm³/mol. The monoisotopic (exact) mass is 286 g/mol. The van der Waals surface area contributed by atoms with Crippen LogP contribution in [0.15, 0.2) is 42.6 Å². The van der Waals surface area contributed by atoms with Crippen LogP contribution in [-0.2, 0) is 11.3 Å². The highest BCUT2D eigenvalue weighted by Crippen LogP contribution is 2.17. The van der Waals surface area contributed by atoms with Crippen molar-refractivity contribution < 1.29 is 14.6 Å². The number of rotatable bonds is 6. The number of hydrogen-bond donors (Lipinski definition) is 2. The number of aromatic nitrogens is 1. The van der Waals surface area contributed by atoms with Gasteiger partial charge >= 0.3 is 5.97 Å². The van der Waals surface area contributed by atoms with Gasteiger partial charge in [-0.25, -0.2) is 4.98 Å². The Morgan fingerprint density at radius 2 is 2.00 bits per heavy atom. The minimum atomic E-state index is -0.815. The molecule has 2 aromatic rings. The molecule has 0 aliphatic heterocycles. The van der Waals surface area contributed by atoms with Crippen LogP contribution in [-0.4, -0.2) is 23.2 Å². The standard InChI is InChI=1S/C16H18N2O3/c1-11(16(19)20)13-5-3-12(4-6-13)9-17-14-7-8-15(21-2)18-10-14/h3-8,10-11,17H,9H2,1-2H3,(H,19,20).